The van der Waals surface area contributed by atoms with Gasteiger partial charge in [0.15, 0.2) is 0 Å². The molecule has 1 aromatic heterocycles. The zero-order chi connectivity index (χ0) is 16.8. The lowest BCUT2D eigenvalue weighted by molar-refractivity contribution is -0.123. The number of benzene rings is 1. The molecular formula is C19H21N3O2. The van der Waals surface area contributed by atoms with E-state index in [0.717, 1.165) is 29.8 Å². The number of aryl methyl sites for hydroxylation is 1. The highest BCUT2D eigenvalue weighted by Gasteiger charge is 2.23. The van der Waals surface area contributed by atoms with Crippen molar-refractivity contribution in [2.45, 2.75) is 25.7 Å². The van der Waals surface area contributed by atoms with Gasteiger partial charge in [-0.1, -0.05) is 24.3 Å². The van der Waals surface area contributed by atoms with E-state index in [1.165, 1.54) is 0 Å². The predicted molar refractivity (Wildman–Crippen MR) is 92.7 cm³/mol. The number of pyridine rings is 1. The Balaban J connectivity index is 1.59. The normalized spacial score (nSPS) is 14.0. The minimum Gasteiger partial charge on any atom is -0.354 e. The summed E-state index contributed by atoms with van der Waals surface area (Å²) >= 11 is 0. The lowest BCUT2D eigenvalue weighted by atomic mass is 10.1. The number of hydrogen-bond donors (Lipinski definition) is 1. The van der Waals surface area contributed by atoms with Crippen molar-refractivity contribution in [2.75, 3.05) is 18.0 Å². The average Bonchev–Trinajstić information content (AvgIpc) is 2.75. The Kier molecular flexibility index (Phi) is 5.21. The third-order valence-electron chi connectivity index (χ3n) is 4.15. The maximum Gasteiger partial charge on any atom is 0.240 e. The maximum absolute atomic E-state index is 12.3. The van der Waals surface area contributed by atoms with Gasteiger partial charge < -0.3 is 10.2 Å². The second-order valence-corrected chi connectivity index (χ2v) is 5.88. The monoisotopic (exact) mass is 323 g/mol. The summed E-state index contributed by atoms with van der Waals surface area (Å²) in [5.74, 6) is -0.129. The van der Waals surface area contributed by atoms with Crippen molar-refractivity contribution in [3.63, 3.8) is 0 Å². The highest BCUT2D eigenvalue weighted by molar-refractivity contribution is 5.99. The lowest BCUT2D eigenvalue weighted by Gasteiger charge is -2.22. The fourth-order valence-electron chi connectivity index (χ4n) is 2.93. The van der Waals surface area contributed by atoms with Gasteiger partial charge in [0.05, 0.1) is 0 Å². The summed E-state index contributed by atoms with van der Waals surface area (Å²) < 4.78 is 0. The Morgan fingerprint density at radius 3 is 2.79 bits per heavy atom. The first-order valence-electron chi connectivity index (χ1n) is 8.29. The Labute approximate surface area is 141 Å². The van der Waals surface area contributed by atoms with Gasteiger partial charge in [0, 0.05) is 37.0 Å². The van der Waals surface area contributed by atoms with Gasteiger partial charge >= 0.3 is 0 Å². The molecule has 1 aliphatic rings. The number of amides is 2. The van der Waals surface area contributed by atoms with Crippen LogP contribution in [0.4, 0.5) is 5.69 Å². The fraction of sp³-hybridized carbons (Fsp3) is 0.316. The van der Waals surface area contributed by atoms with Crippen molar-refractivity contribution in [1.29, 1.82) is 0 Å². The van der Waals surface area contributed by atoms with Gasteiger partial charge in [-0.25, -0.2) is 0 Å². The van der Waals surface area contributed by atoms with Crippen LogP contribution in [0.3, 0.4) is 0 Å². The Bertz CT molecular complexity index is 716. The number of nitrogens with one attached hydrogen (secondary N) is 1. The topological polar surface area (TPSA) is 62.3 Å². The van der Waals surface area contributed by atoms with Crippen LogP contribution in [0, 0.1) is 0 Å². The molecular weight excluding hydrogens is 302 g/mol. The zero-order valence-electron chi connectivity index (χ0n) is 13.6. The van der Waals surface area contributed by atoms with Crippen molar-refractivity contribution in [1.82, 2.24) is 10.3 Å². The number of carbonyl (C=O) groups is 2. The molecule has 2 amide bonds. The van der Waals surface area contributed by atoms with Gasteiger partial charge in [0.2, 0.25) is 11.8 Å². The minimum atomic E-state index is -0.143. The van der Waals surface area contributed by atoms with Crippen molar-refractivity contribution in [3.05, 3.63) is 59.9 Å². The third kappa shape index (κ3) is 3.98. The van der Waals surface area contributed by atoms with E-state index in [2.05, 4.69) is 10.3 Å². The molecule has 1 aromatic carbocycles. The van der Waals surface area contributed by atoms with Crippen molar-refractivity contribution in [3.8, 4) is 0 Å². The number of para-hydroxylation sites is 1. The molecule has 0 radical (unpaired) electrons. The zero-order valence-corrected chi connectivity index (χ0v) is 13.6. The third-order valence-corrected chi connectivity index (χ3v) is 4.15. The summed E-state index contributed by atoms with van der Waals surface area (Å²) in [4.78, 5) is 30.4. The van der Waals surface area contributed by atoms with E-state index >= 15 is 0 Å². The maximum atomic E-state index is 12.3. The molecule has 3 rings (SSSR count). The molecule has 5 heteroatoms. The number of hydrogen-bond acceptors (Lipinski definition) is 3. The quantitative estimate of drug-likeness (QED) is 0.917. The number of anilines is 1. The van der Waals surface area contributed by atoms with Crippen molar-refractivity contribution < 1.29 is 9.59 Å². The Morgan fingerprint density at radius 1 is 1.12 bits per heavy atom. The SMILES string of the molecule is O=C(CN1C(=O)CCCc2ccccc21)NCCc1ccccn1. The molecule has 24 heavy (non-hydrogen) atoms. The van der Waals surface area contributed by atoms with Gasteiger partial charge in [-0.15, -0.1) is 0 Å². The van der Waals surface area contributed by atoms with Gasteiger partial charge in [0.25, 0.3) is 0 Å². The van der Waals surface area contributed by atoms with Crippen LogP contribution in [0.15, 0.2) is 48.7 Å². The first kappa shape index (κ1) is 16.2. The smallest absolute Gasteiger partial charge is 0.240 e. The molecule has 1 N–H and O–H groups in total. The summed E-state index contributed by atoms with van der Waals surface area (Å²) in [5.41, 5.74) is 2.93. The summed E-state index contributed by atoms with van der Waals surface area (Å²) in [6.07, 6.45) is 4.60. The highest BCUT2D eigenvalue weighted by atomic mass is 16.2. The number of aromatic nitrogens is 1. The van der Waals surface area contributed by atoms with E-state index in [0.29, 0.717) is 19.4 Å². The first-order valence-corrected chi connectivity index (χ1v) is 8.29. The summed E-state index contributed by atoms with van der Waals surface area (Å²) in [6, 6.07) is 13.5. The van der Waals surface area contributed by atoms with Gasteiger partial charge in [-0.2, -0.15) is 0 Å². The molecule has 0 atom stereocenters. The second-order valence-electron chi connectivity index (χ2n) is 5.88. The summed E-state index contributed by atoms with van der Waals surface area (Å²) in [7, 11) is 0. The molecule has 0 bridgehead atoms. The lowest BCUT2D eigenvalue weighted by Crippen LogP contribution is -2.41. The Morgan fingerprint density at radius 2 is 1.96 bits per heavy atom. The molecule has 5 nitrogen and oxygen atoms in total. The Hall–Kier alpha value is -2.69. The van der Waals surface area contributed by atoms with Crippen molar-refractivity contribution in [2.24, 2.45) is 0 Å². The van der Waals surface area contributed by atoms with Crippen LogP contribution in [-0.2, 0) is 22.4 Å². The van der Waals surface area contributed by atoms with E-state index in [1.807, 2.05) is 42.5 Å². The number of carbonyl (C=O) groups excluding carboxylic acids is 2. The molecule has 124 valence electrons. The number of rotatable bonds is 5. The molecule has 0 fully saturated rings. The van der Waals surface area contributed by atoms with Crippen LogP contribution in [-0.4, -0.2) is 29.9 Å². The molecule has 0 unspecified atom stereocenters. The molecule has 2 heterocycles. The van der Waals surface area contributed by atoms with E-state index in [4.69, 9.17) is 0 Å². The molecule has 1 aliphatic heterocycles. The minimum absolute atomic E-state index is 0.0137. The van der Waals surface area contributed by atoms with Gasteiger partial charge in [-0.05, 0) is 36.6 Å². The average molecular weight is 323 g/mol. The molecule has 0 spiro atoms. The van der Waals surface area contributed by atoms with Crippen LogP contribution < -0.4 is 10.2 Å². The van der Waals surface area contributed by atoms with E-state index in [1.54, 1.807) is 11.1 Å². The van der Waals surface area contributed by atoms with Crippen LogP contribution in [0.25, 0.3) is 0 Å². The van der Waals surface area contributed by atoms with Crippen LogP contribution >= 0.6 is 0 Å². The van der Waals surface area contributed by atoms with E-state index in [9.17, 15) is 9.59 Å². The summed E-state index contributed by atoms with van der Waals surface area (Å²) in [6.45, 7) is 0.581. The van der Waals surface area contributed by atoms with Crippen LogP contribution in [0.2, 0.25) is 0 Å². The van der Waals surface area contributed by atoms with Gasteiger partial charge in [-0.3, -0.25) is 14.6 Å². The van der Waals surface area contributed by atoms with E-state index < -0.39 is 0 Å². The van der Waals surface area contributed by atoms with Gasteiger partial charge in [0.1, 0.15) is 6.54 Å². The molecule has 0 aliphatic carbocycles. The van der Waals surface area contributed by atoms with Crippen LogP contribution in [0.5, 0.6) is 0 Å². The number of fused-ring (bicyclic) bond motifs is 1. The largest absolute Gasteiger partial charge is 0.354 e. The predicted octanol–water partition coefficient (Wildman–Crippen LogP) is 2.11. The second kappa shape index (κ2) is 7.73. The first-order chi connectivity index (χ1) is 11.7. The molecule has 0 saturated carbocycles. The van der Waals surface area contributed by atoms with Crippen molar-refractivity contribution >= 4 is 17.5 Å². The van der Waals surface area contributed by atoms with Crippen LogP contribution in [0.1, 0.15) is 24.1 Å². The summed E-state index contributed by atoms with van der Waals surface area (Å²) in [5, 5.41) is 2.88. The fourth-order valence-corrected chi connectivity index (χ4v) is 2.93. The molecule has 2 aromatic rings. The highest BCUT2D eigenvalue weighted by Crippen LogP contribution is 2.26. The standard InChI is InChI=1S/C19H21N3O2/c23-18(21-13-11-16-8-3-4-12-20-16)14-22-17-9-2-1-6-15(17)7-5-10-19(22)24/h1-4,6,8-9,12H,5,7,10-11,13-14H2,(H,21,23). The number of nitrogens with zero attached hydrogens (tertiary/aromatic N) is 2. The molecule has 0 saturated heterocycles. The van der Waals surface area contributed by atoms with E-state index in [-0.39, 0.29) is 18.4 Å².